The summed E-state index contributed by atoms with van der Waals surface area (Å²) in [7, 11) is 0. The van der Waals surface area contributed by atoms with Crippen molar-refractivity contribution < 1.29 is 4.79 Å². The van der Waals surface area contributed by atoms with Gasteiger partial charge in [-0.2, -0.15) is 11.8 Å². The van der Waals surface area contributed by atoms with Gasteiger partial charge < -0.3 is 9.80 Å². The van der Waals surface area contributed by atoms with Crippen LogP contribution in [0.25, 0.3) is 10.2 Å². The van der Waals surface area contributed by atoms with E-state index in [9.17, 15) is 4.79 Å². The number of amides is 1. The lowest BCUT2D eigenvalue weighted by Crippen LogP contribution is -2.48. The second-order valence-corrected chi connectivity index (χ2v) is 7.76. The zero-order chi connectivity index (χ0) is 14.9. The van der Waals surface area contributed by atoms with Gasteiger partial charge in [0.1, 0.15) is 12.4 Å². The van der Waals surface area contributed by atoms with E-state index < -0.39 is 0 Å². The molecule has 2 aromatic heterocycles. The molecule has 2 aliphatic rings. The third-order valence-electron chi connectivity index (χ3n) is 4.36. The Bertz CT molecular complexity index is 683. The molecule has 1 amide bonds. The molecule has 0 aromatic carbocycles. The maximum atomic E-state index is 12.9. The average molecular weight is 334 g/mol. The molecule has 1 atom stereocenters. The number of carbonyl (C=O) groups excluding carboxylic acids is 1. The summed E-state index contributed by atoms with van der Waals surface area (Å²) >= 11 is 3.59. The normalized spacial score (nSPS) is 22.5. The summed E-state index contributed by atoms with van der Waals surface area (Å²) in [5.74, 6) is 3.32. The number of carbonyl (C=O) groups is 1. The summed E-state index contributed by atoms with van der Waals surface area (Å²) < 4.78 is 1.09. The molecule has 22 heavy (non-hydrogen) atoms. The Morgan fingerprint density at radius 3 is 2.95 bits per heavy atom. The Kier molecular flexibility index (Phi) is 3.92. The van der Waals surface area contributed by atoms with E-state index in [1.165, 1.54) is 0 Å². The van der Waals surface area contributed by atoms with Crippen molar-refractivity contribution in [3.63, 3.8) is 0 Å². The van der Waals surface area contributed by atoms with Gasteiger partial charge in [-0.1, -0.05) is 0 Å². The number of rotatable bonds is 2. The van der Waals surface area contributed by atoms with Crippen LogP contribution in [0.2, 0.25) is 0 Å². The Morgan fingerprint density at radius 1 is 1.23 bits per heavy atom. The molecule has 4 heterocycles. The standard InChI is InChI=1S/C15H18N4OS2/c20-15(18-5-8-21-9-6-18)12-2-1-4-19(12)14-13-11(3-7-22-13)16-10-17-14/h3,7,10,12H,1-2,4-6,8-9H2/t12-/m0/s1. The van der Waals surface area contributed by atoms with Gasteiger partial charge in [0, 0.05) is 31.1 Å². The number of hydrogen-bond donors (Lipinski definition) is 0. The van der Waals surface area contributed by atoms with Crippen LogP contribution in [0.4, 0.5) is 5.82 Å². The van der Waals surface area contributed by atoms with Crippen LogP contribution in [-0.4, -0.2) is 58.0 Å². The quantitative estimate of drug-likeness (QED) is 0.843. The van der Waals surface area contributed by atoms with Gasteiger partial charge in [-0.25, -0.2) is 9.97 Å². The van der Waals surface area contributed by atoms with Crippen molar-refractivity contribution in [2.24, 2.45) is 0 Å². The van der Waals surface area contributed by atoms with Gasteiger partial charge in [-0.05, 0) is 24.3 Å². The smallest absolute Gasteiger partial charge is 0.245 e. The van der Waals surface area contributed by atoms with Gasteiger partial charge in [0.05, 0.1) is 10.2 Å². The fourth-order valence-corrected chi connectivity index (χ4v) is 5.00. The molecule has 2 fully saturated rings. The molecule has 116 valence electrons. The van der Waals surface area contributed by atoms with E-state index in [2.05, 4.69) is 14.9 Å². The van der Waals surface area contributed by atoms with Gasteiger partial charge in [0.15, 0.2) is 5.82 Å². The number of anilines is 1. The van der Waals surface area contributed by atoms with Crippen LogP contribution in [0.1, 0.15) is 12.8 Å². The molecule has 0 bridgehead atoms. The Morgan fingerprint density at radius 2 is 2.09 bits per heavy atom. The van der Waals surface area contributed by atoms with Crippen molar-refractivity contribution in [3.05, 3.63) is 17.8 Å². The molecule has 0 saturated carbocycles. The minimum absolute atomic E-state index is 0.0525. The fraction of sp³-hybridized carbons (Fsp3) is 0.533. The molecule has 0 radical (unpaired) electrons. The first kappa shape index (κ1) is 14.3. The van der Waals surface area contributed by atoms with E-state index in [0.717, 1.165) is 60.0 Å². The van der Waals surface area contributed by atoms with Crippen molar-refractivity contribution in [1.29, 1.82) is 0 Å². The van der Waals surface area contributed by atoms with Crippen LogP contribution in [0, 0.1) is 0 Å². The maximum Gasteiger partial charge on any atom is 0.245 e. The molecule has 0 N–H and O–H groups in total. The third-order valence-corrected chi connectivity index (χ3v) is 6.20. The highest BCUT2D eigenvalue weighted by molar-refractivity contribution is 7.99. The topological polar surface area (TPSA) is 49.3 Å². The fourth-order valence-electron chi connectivity index (χ4n) is 3.25. The largest absolute Gasteiger partial charge is 0.343 e. The number of thioether (sulfide) groups is 1. The van der Waals surface area contributed by atoms with Gasteiger partial charge in [0.25, 0.3) is 0 Å². The number of thiophene rings is 1. The molecular formula is C15H18N4OS2. The Hall–Kier alpha value is -1.34. The van der Waals surface area contributed by atoms with Gasteiger partial charge in [0.2, 0.25) is 5.91 Å². The van der Waals surface area contributed by atoms with E-state index in [1.54, 1.807) is 17.7 Å². The summed E-state index contributed by atoms with van der Waals surface area (Å²) in [6, 6.07) is 1.96. The number of fused-ring (bicyclic) bond motifs is 1. The van der Waals surface area contributed by atoms with Crippen LogP contribution in [-0.2, 0) is 4.79 Å². The summed E-state index contributed by atoms with van der Waals surface area (Å²) in [4.78, 5) is 25.9. The minimum atomic E-state index is -0.0525. The lowest BCUT2D eigenvalue weighted by Gasteiger charge is -2.32. The zero-order valence-electron chi connectivity index (χ0n) is 12.3. The molecule has 0 aliphatic carbocycles. The van der Waals surface area contributed by atoms with Crippen LogP contribution in [0.3, 0.4) is 0 Å². The van der Waals surface area contributed by atoms with Crippen molar-refractivity contribution in [2.75, 3.05) is 36.0 Å². The van der Waals surface area contributed by atoms with E-state index in [4.69, 9.17) is 0 Å². The van der Waals surface area contributed by atoms with E-state index in [1.807, 2.05) is 28.1 Å². The number of aromatic nitrogens is 2. The summed E-state index contributed by atoms with van der Waals surface area (Å²) in [6.07, 6.45) is 3.59. The molecule has 7 heteroatoms. The van der Waals surface area contributed by atoms with Crippen LogP contribution in [0.15, 0.2) is 17.8 Å². The van der Waals surface area contributed by atoms with Gasteiger partial charge in [-0.3, -0.25) is 4.79 Å². The van der Waals surface area contributed by atoms with Crippen molar-refractivity contribution in [1.82, 2.24) is 14.9 Å². The van der Waals surface area contributed by atoms with Gasteiger partial charge >= 0.3 is 0 Å². The predicted octanol–water partition coefficient (Wildman–Crippen LogP) is 2.24. The van der Waals surface area contributed by atoms with E-state index in [0.29, 0.717) is 0 Å². The van der Waals surface area contributed by atoms with Crippen LogP contribution >= 0.6 is 23.1 Å². The Labute approximate surface area is 137 Å². The molecule has 2 saturated heterocycles. The highest BCUT2D eigenvalue weighted by atomic mass is 32.2. The summed E-state index contributed by atoms with van der Waals surface area (Å²) in [6.45, 7) is 2.67. The molecular weight excluding hydrogens is 316 g/mol. The number of hydrogen-bond acceptors (Lipinski definition) is 6. The van der Waals surface area contributed by atoms with E-state index >= 15 is 0 Å². The SMILES string of the molecule is O=C([C@@H]1CCCN1c1ncnc2ccsc12)N1CCSCC1. The molecule has 4 rings (SSSR count). The molecule has 2 aromatic rings. The molecule has 0 spiro atoms. The second kappa shape index (κ2) is 6.04. The van der Waals surface area contributed by atoms with E-state index in [-0.39, 0.29) is 11.9 Å². The lowest BCUT2D eigenvalue weighted by molar-refractivity contribution is -0.132. The molecule has 5 nitrogen and oxygen atoms in total. The first-order chi connectivity index (χ1) is 10.8. The highest BCUT2D eigenvalue weighted by Gasteiger charge is 2.35. The predicted molar refractivity (Wildman–Crippen MR) is 91.7 cm³/mol. The Balaban J connectivity index is 1.63. The summed E-state index contributed by atoms with van der Waals surface area (Å²) in [5, 5.41) is 2.04. The molecule has 2 aliphatic heterocycles. The van der Waals surface area contributed by atoms with Crippen molar-refractivity contribution in [2.45, 2.75) is 18.9 Å². The van der Waals surface area contributed by atoms with Crippen molar-refractivity contribution >= 4 is 45.0 Å². The summed E-state index contributed by atoms with van der Waals surface area (Å²) in [5.41, 5.74) is 0.975. The highest BCUT2D eigenvalue weighted by Crippen LogP contribution is 2.33. The minimum Gasteiger partial charge on any atom is -0.343 e. The number of nitrogens with zero attached hydrogens (tertiary/aromatic N) is 4. The second-order valence-electron chi connectivity index (χ2n) is 5.62. The van der Waals surface area contributed by atoms with Crippen LogP contribution in [0.5, 0.6) is 0 Å². The first-order valence-electron chi connectivity index (χ1n) is 7.66. The third kappa shape index (κ3) is 2.46. The lowest BCUT2D eigenvalue weighted by atomic mass is 10.2. The zero-order valence-corrected chi connectivity index (χ0v) is 13.9. The van der Waals surface area contributed by atoms with Crippen LogP contribution < -0.4 is 4.90 Å². The molecule has 0 unspecified atom stereocenters. The average Bonchev–Trinajstić information content (AvgIpc) is 3.23. The first-order valence-corrected chi connectivity index (χ1v) is 9.69. The van der Waals surface area contributed by atoms with Crippen molar-refractivity contribution in [3.8, 4) is 0 Å². The monoisotopic (exact) mass is 334 g/mol. The maximum absolute atomic E-state index is 12.9. The van der Waals surface area contributed by atoms with Gasteiger partial charge in [-0.15, -0.1) is 11.3 Å².